The van der Waals surface area contributed by atoms with Crippen LogP contribution < -0.4 is 4.74 Å². The predicted octanol–water partition coefficient (Wildman–Crippen LogP) is 2.96. The second-order valence-corrected chi connectivity index (χ2v) is 6.68. The lowest BCUT2D eigenvalue weighted by Crippen LogP contribution is -2.38. The summed E-state index contributed by atoms with van der Waals surface area (Å²) in [6.07, 6.45) is 1.39. The van der Waals surface area contributed by atoms with Crippen LogP contribution in [-0.2, 0) is 4.79 Å². The molecule has 1 aromatic heterocycles. The average Bonchev–Trinajstić information content (AvgIpc) is 3.06. The highest BCUT2D eigenvalue weighted by atomic mass is 32.1. The number of nitrogens with zero attached hydrogens (tertiary/aromatic N) is 1. The van der Waals surface area contributed by atoms with Crippen molar-refractivity contribution in [3.63, 3.8) is 0 Å². The Morgan fingerprint density at radius 3 is 2.43 bits per heavy atom. The van der Waals surface area contributed by atoms with Crippen LogP contribution in [0, 0.1) is 0 Å². The van der Waals surface area contributed by atoms with Crippen molar-refractivity contribution in [1.29, 1.82) is 0 Å². The van der Waals surface area contributed by atoms with Crippen LogP contribution in [0.3, 0.4) is 0 Å². The van der Waals surface area contributed by atoms with Gasteiger partial charge in [0.05, 0.1) is 0 Å². The van der Waals surface area contributed by atoms with Gasteiger partial charge in [0.15, 0.2) is 11.0 Å². The lowest BCUT2D eigenvalue weighted by atomic mass is 10.2. The molecule has 1 aromatic rings. The Morgan fingerprint density at radius 2 is 1.90 bits per heavy atom. The molecule has 1 aliphatic heterocycles. The van der Waals surface area contributed by atoms with Crippen LogP contribution in [0.25, 0.3) is 0 Å². The van der Waals surface area contributed by atoms with E-state index in [4.69, 9.17) is 4.74 Å². The standard InChI is InChI=1S/C15H21NO4S/c1-9(2)12-8-11(13(21-12)15(18)19)20-10(3)14(17)16-6-4-5-7-16/h8-10H,4-7H2,1-3H3,(H,18,19). The molecule has 1 saturated heterocycles. The fraction of sp³-hybridized carbons (Fsp3) is 0.600. The van der Waals surface area contributed by atoms with E-state index in [1.165, 1.54) is 11.3 Å². The number of ether oxygens (including phenoxy) is 1. The Hall–Kier alpha value is -1.56. The third-order valence-electron chi connectivity index (χ3n) is 3.55. The highest BCUT2D eigenvalue weighted by Crippen LogP contribution is 2.34. The molecule has 0 spiro atoms. The van der Waals surface area contributed by atoms with E-state index in [9.17, 15) is 14.7 Å². The maximum atomic E-state index is 12.2. The van der Waals surface area contributed by atoms with Crippen molar-refractivity contribution in [2.75, 3.05) is 13.1 Å². The number of likely N-dealkylation sites (tertiary alicyclic amines) is 1. The van der Waals surface area contributed by atoms with Crippen LogP contribution in [0.2, 0.25) is 0 Å². The maximum absolute atomic E-state index is 12.2. The van der Waals surface area contributed by atoms with E-state index in [1.807, 2.05) is 13.8 Å². The van der Waals surface area contributed by atoms with Crippen molar-refractivity contribution in [2.45, 2.75) is 45.6 Å². The van der Waals surface area contributed by atoms with Gasteiger partial charge in [0.2, 0.25) is 0 Å². The Labute approximate surface area is 128 Å². The fourth-order valence-electron chi connectivity index (χ4n) is 2.35. The summed E-state index contributed by atoms with van der Waals surface area (Å²) < 4.78 is 5.65. The minimum Gasteiger partial charge on any atom is -0.479 e. The smallest absolute Gasteiger partial charge is 0.349 e. The summed E-state index contributed by atoms with van der Waals surface area (Å²) >= 11 is 1.21. The molecule has 0 aromatic carbocycles. The summed E-state index contributed by atoms with van der Waals surface area (Å²) in [5, 5.41) is 9.26. The van der Waals surface area contributed by atoms with Crippen molar-refractivity contribution in [2.24, 2.45) is 0 Å². The average molecular weight is 311 g/mol. The molecule has 1 unspecified atom stereocenters. The largest absolute Gasteiger partial charge is 0.479 e. The second kappa shape index (κ2) is 6.47. The van der Waals surface area contributed by atoms with Crippen molar-refractivity contribution >= 4 is 23.2 Å². The summed E-state index contributed by atoms with van der Waals surface area (Å²) in [5.41, 5.74) is 0. The van der Waals surface area contributed by atoms with E-state index in [1.54, 1.807) is 17.9 Å². The first-order valence-corrected chi connectivity index (χ1v) is 8.04. The summed E-state index contributed by atoms with van der Waals surface area (Å²) in [6.45, 7) is 7.21. The van der Waals surface area contributed by atoms with Gasteiger partial charge in [-0.2, -0.15) is 0 Å². The summed E-state index contributed by atoms with van der Waals surface area (Å²) in [7, 11) is 0. The van der Waals surface area contributed by atoms with E-state index < -0.39 is 12.1 Å². The molecule has 5 nitrogen and oxygen atoms in total. The molecule has 1 amide bonds. The van der Waals surface area contributed by atoms with Crippen LogP contribution in [-0.4, -0.2) is 41.1 Å². The molecular weight excluding hydrogens is 290 g/mol. The van der Waals surface area contributed by atoms with Gasteiger partial charge in [0, 0.05) is 18.0 Å². The molecule has 0 radical (unpaired) electrons. The van der Waals surface area contributed by atoms with Crippen LogP contribution >= 0.6 is 11.3 Å². The van der Waals surface area contributed by atoms with Gasteiger partial charge < -0.3 is 14.7 Å². The topological polar surface area (TPSA) is 66.8 Å². The number of carboxylic acid groups (broad SMARTS) is 1. The first-order valence-electron chi connectivity index (χ1n) is 7.22. The van der Waals surface area contributed by atoms with Crippen molar-refractivity contribution < 1.29 is 19.4 Å². The summed E-state index contributed by atoms with van der Waals surface area (Å²) in [5.74, 6) is -0.546. The zero-order chi connectivity index (χ0) is 15.6. The minimum absolute atomic E-state index is 0.0684. The third-order valence-corrected chi connectivity index (χ3v) is 4.95. The van der Waals surface area contributed by atoms with Crippen LogP contribution in [0.1, 0.15) is 54.1 Å². The Kier molecular flexibility index (Phi) is 4.88. The Bertz CT molecular complexity index is 532. The highest BCUT2D eigenvalue weighted by molar-refractivity contribution is 7.14. The number of aromatic carboxylic acids is 1. The molecule has 0 bridgehead atoms. The number of hydrogen-bond donors (Lipinski definition) is 1. The van der Waals surface area contributed by atoms with Crippen LogP contribution in [0.4, 0.5) is 0 Å². The SMILES string of the molecule is CC(Oc1cc(C(C)C)sc1C(=O)O)C(=O)N1CCCC1. The van der Waals surface area contributed by atoms with Gasteiger partial charge in [-0.05, 0) is 31.7 Å². The van der Waals surface area contributed by atoms with E-state index in [-0.39, 0.29) is 16.7 Å². The number of hydrogen-bond acceptors (Lipinski definition) is 4. The summed E-state index contributed by atoms with van der Waals surface area (Å²) in [6, 6.07) is 1.74. The van der Waals surface area contributed by atoms with Gasteiger partial charge in [-0.25, -0.2) is 4.79 Å². The predicted molar refractivity (Wildman–Crippen MR) is 81.3 cm³/mol. The molecule has 1 fully saturated rings. The zero-order valence-corrected chi connectivity index (χ0v) is 13.4. The molecule has 1 atom stereocenters. The van der Waals surface area contributed by atoms with Gasteiger partial charge in [-0.1, -0.05) is 13.8 Å². The quantitative estimate of drug-likeness (QED) is 0.908. The Morgan fingerprint density at radius 1 is 1.29 bits per heavy atom. The molecule has 6 heteroatoms. The first kappa shape index (κ1) is 15.8. The monoisotopic (exact) mass is 311 g/mol. The molecule has 21 heavy (non-hydrogen) atoms. The van der Waals surface area contributed by atoms with Crippen molar-refractivity contribution in [3.05, 3.63) is 15.8 Å². The lowest BCUT2D eigenvalue weighted by Gasteiger charge is -2.21. The second-order valence-electron chi connectivity index (χ2n) is 5.59. The third kappa shape index (κ3) is 3.56. The number of carbonyl (C=O) groups excluding carboxylic acids is 1. The fourth-order valence-corrected chi connectivity index (χ4v) is 3.28. The van der Waals surface area contributed by atoms with Gasteiger partial charge in [-0.15, -0.1) is 11.3 Å². The molecule has 2 heterocycles. The van der Waals surface area contributed by atoms with E-state index in [2.05, 4.69) is 0 Å². The van der Waals surface area contributed by atoms with Gasteiger partial charge in [0.25, 0.3) is 5.91 Å². The molecule has 0 saturated carbocycles. The van der Waals surface area contributed by atoms with Crippen molar-refractivity contribution in [1.82, 2.24) is 4.90 Å². The number of rotatable bonds is 5. The van der Waals surface area contributed by atoms with E-state index in [0.717, 1.165) is 30.8 Å². The van der Waals surface area contributed by atoms with Gasteiger partial charge in [-0.3, -0.25) is 4.79 Å². The van der Waals surface area contributed by atoms with Crippen molar-refractivity contribution in [3.8, 4) is 5.75 Å². The van der Waals surface area contributed by atoms with E-state index in [0.29, 0.717) is 5.75 Å². The molecule has 1 N–H and O–H groups in total. The van der Waals surface area contributed by atoms with Crippen LogP contribution in [0.5, 0.6) is 5.75 Å². The maximum Gasteiger partial charge on any atom is 0.349 e. The molecular formula is C15H21NO4S. The number of amides is 1. The zero-order valence-electron chi connectivity index (χ0n) is 12.6. The van der Waals surface area contributed by atoms with E-state index >= 15 is 0 Å². The Balaban J connectivity index is 2.13. The number of thiophene rings is 1. The lowest BCUT2D eigenvalue weighted by molar-refractivity contribution is -0.136. The number of carboxylic acids is 1. The molecule has 116 valence electrons. The first-order chi connectivity index (χ1) is 9.90. The normalized spacial score (nSPS) is 16.3. The molecule has 1 aliphatic rings. The minimum atomic E-state index is -1.01. The van der Waals surface area contributed by atoms with Gasteiger partial charge >= 0.3 is 5.97 Å². The molecule has 0 aliphatic carbocycles. The summed E-state index contributed by atoms with van der Waals surface area (Å²) in [4.78, 5) is 26.4. The number of carbonyl (C=O) groups is 2. The highest BCUT2D eigenvalue weighted by Gasteiger charge is 2.27. The van der Waals surface area contributed by atoms with Crippen LogP contribution in [0.15, 0.2) is 6.07 Å². The van der Waals surface area contributed by atoms with Gasteiger partial charge in [0.1, 0.15) is 5.75 Å². The molecule has 2 rings (SSSR count).